The van der Waals surface area contributed by atoms with Crippen LogP contribution in [0.2, 0.25) is 0 Å². The molecule has 3 rings (SSSR count). The second-order valence-electron chi connectivity index (χ2n) is 5.80. The highest BCUT2D eigenvalue weighted by Gasteiger charge is 2.29. The molecule has 2 aromatic rings. The van der Waals surface area contributed by atoms with E-state index < -0.39 is 0 Å². The number of aromatic nitrogens is 2. The number of likely N-dealkylation sites (tertiary alicyclic amines) is 1. The van der Waals surface area contributed by atoms with Gasteiger partial charge in [0, 0.05) is 36.3 Å². The van der Waals surface area contributed by atoms with Gasteiger partial charge in [0.15, 0.2) is 10.1 Å². The first-order valence-electron chi connectivity index (χ1n) is 7.91. The molecule has 0 spiro atoms. The van der Waals surface area contributed by atoms with Crippen molar-refractivity contribution >= 4 is 34.8 Å². The monoisotopic (exact) mass is 361 g/mol. The Kier molecular flexibility index (Phi) is 5.63. The number of thioether (sulfide) groups is 1. The summed E-state index contributed by atoms with van der Waals surface area (Å²) in [5, 5.41) is 1.98. The number of nitrogens with zero attached hydrogens (tertiary/aromatic N) is 3. The number of hydrogen-bond acceptors (Lipinski definition) is 6. The van der Waals surface area contributed by atoms with Crippen LogP contribution in [-0.4, -0.2) is 45.4 Å². The van der Waals surface area contributed by atoms with Crippen LogP contribution in [0.15, 0.2) is 34.1 Å². The molecule has 24 heavy (non-hydrogen) atoms. The van der Waals surface area contributed by atoms with Crippen molar-refractivity contribution in [2.75, 3.05) is 18.8 Å². The minimum Gasteiger partial charge on any atom is -0.341 e. The van der Waals surface area contributed by atoms with E-state index in [4.69, 9.17) is 0 Å². The third-order valence-electron chi connectivity index (χ3n) is 3.98. The molecule has 7 heteroatoms. The molecule has 1 amide bonds. The van der Waals surface area contributed by atoms with E-state index >= 15 is 0 Å². The minimum atomic E-state index is -0.148. The first kappa shape index (κ1) is 17.1. The molecule has 0 unspecified atom stereocenters. The molecule has 0 saturated carbocycles. The molecule has 0 radical (unpaired) electrons. The first-order valence-corrected chi connectivity index (χ1v) is 9.78. The summed E-state index contributed by atoms with van der Waals surface area (Å²) in [6, 6.07) is 5.35. The second kappa shape index (κ2) is 7.90. The molecule has 1 atom stereocenters. The van der Waals surface area contributed by atoms with Gasteiger partial charge in [-0.3, -0.25) is 14.6 Å². The highest BCUT2D eigenvalue weighted by Crippen LogP contribution is 2.25. The van der Waals surface area contributed by atoms with Crippen molar-refractivity contribution in [2.45, 2.75) is 24.1 Å². The molecular weight excluding hydrogens is 342 g/mol. The number of amides is 1. The van der Waals surface area contributed by atoms with E-state index in [9.17, 15) is 9.59 Å². The van der Waals surface area contributed by atoms with Crippen LogP contribution in [-0.2, 0) is 4.79 Å². The third kappa shape index (κ3) is 4.21. The van der Waals surface area contributed by atoms with E-state index in [1.54, 1.807) is 29.7 Å². The summed E-state index contributed by atoms with van der Waals surface area (Å²) >= 11 is 3.03. The van der Waals surface area contributed by atoms with Crippen molar-refractivity contribution in [1.29, 1.82) is 0 Å². The van der Waals surface area contributed by atoms with E-state index in [1.807, 2.05) is 23.3 Å². The maximum absolute atomic E-state index is 12.5. The Morgan fingerprint density at radius 2 is 2.29 bits per heavy atom. The minimum absolute atomic E-state index is 0.0382. The molecule has 5 nitrogen and oxygen atoms in total. The summed E-state index contributed by atoms with van der Waals surface area (Å²) in [5.41, 5.74) is 1.47. The van der Waals surface area contributed by atoms with E-state index in [0.717, 1.165) is 29.4 Å². The standard InChI is InChI=1S/C17H19N3O2S2/c1-12-10-23-17(19-12)24-11-15(21)20-8-4-5-13(9-20)16(22)14-6-2-3-7-18-14/h2-3,6-7,10,13H,4-5,8-9,11H2,1H3/t13-/m0/s1. The largest absolute Gasteiger partial charge is 0.341 e. The normalized spacial score (nSPS) is 17.7. The van der Waals surface area contributed by atoms with Crippen LogP contribution in [0.3, 0.4) is 0 Å². The predicted molar refractivity (Wildman–Crippen MR) is 95.4 cm³/mol. The highest BCUT2D eigenvalue weighted by molar-refractivity contribution is 8.01. The smallest absolute Gasteiger partial charge is 0.233 e. The van der Waals surface area contributed by atoms with Crippen molar-refractivity contribution in [2.24, 2.45) is 5.92 Å². The summed E-state index contributed by atoms with van der Waals surface area (Å²) in [6.07, 6.45) is 3.31. The Hall–Kier alpha value is -1.73. The van der Waals surface area contributed by atoms with Crippen LogP contribution in [0.1, 0.15) is 29.0 Å². The number of carbonyl (C=O) groups excluding carboxylic acids is 2. The van der Waals surface area contributed by atoms with Crippen LogP contribution in [0.5, 0.6) is 0 Å². The fraction of sp³-hybridized carbons (Fsp3) is 0.412. The van der Waals surface area contributed by atoms with Crippen molar-refractivity contribution in [1.82, 2.24) is 14.9 Å². The van der Waals surface area contributed by atoms with E-state index in [-0.39, 0.29) is 17.6 Å². The Morgan fingerprint density at radius 1 is 1.42 bits per heavy atom. The molecule has 1 aliphatic heterocycles. The SMILES string of the molecule is Cc1csc(SCC(=O)N2CCC[C@H](C(=O)c3ccccn3)C2)n1. The van der Waals surface area contributed by atoms with Crippen LogP contribution in [0, 0.1) is 12.8 Å². The molecule has 1 aliphatic rings. The zero-order valence-electron chi connectivity index (χ0n) is 13.5. The summed E-state index contributed by atoms with van der Waals surface area (Å²) < 4.78 is 0.916. The molecule has 0 N–H and O–H groups in total. The molecule has 1 saturated heterocycles. The fourth-order valence-electron chi connectivity index (χ4n) is 2.75. The number of ketones is 1. The molecule has 3 heterocycles. The summed E-state index contributed by atoms with van der Waals surface area (Å²) in [6.45, 7) is 3.16. The number of piperidine rings is 1. The molecule has 0 aromatic carbocycles. The fourth-order valence-corrected chi connectivity index (χ4v) is 4.50. The molecule has 2 aromatic heterocycles. The zero-order valence-corrected chi connectivity index (χ0v) is 15.1. The number of thiazole rings is 1. The summed E-state index contributed by atoms with van der Waals surface area (Å²) in [4.78, 5) is 35.3. The van der Waals surface area contributed by atoms with E-state index in [0.29, 0.717) is 18.0 Å². The topological polar surface area (TPSA) is 63.2 Å². The average Bonchev–Trinajstić information content (AvgIpc) is 3.05. The van der Waals surface area contributed by atoms with Gasteiger partial charge in [-0.1, -0.05) is 17.8 Å². The predicted octanol–water partition coefficient (Wildman–Crippen LogP) is 3.06. The van der Waals surface area contributed by atoms with Gasteiger partial charge >= 0.3 is 0 Å². The number of pyridine rings is 1. The second-order valence-corrected chi connectivity index (χ2v) is 7.88. The highest BCUT2D eigenvalue weighted by atomic mass is 32.2. The zero-order chi connectivity index (χ0) is 16.9. The van der Waals surface area contributed by atoms with E-state index in [2.05, 4.69) is 9.97 Å². The van der Waals surface area contributed by atoms with Gasteiger partial charge in [0.05, 0.1) is 5.75 Å². The molecule has 0 aliphatic carbocycles. The van der Waals surface area contributed by atoms with Gasteiger partial charge in [0.2, 0.25) is 5.91 Å². The maximum atomic E-state index is 12.5. The number of carbonyl (C=O) groups is 2. The van der Waals surface area contributed by atoms with Gasteiger partial charge in [-0.05, 0) is 31.9 Å². The number of Topliss-reactive ketones (excluding diaryl/α,β-unsaturated/α-hetero) is 1. The lowest BCUT2D eigenvalue weighted by atomic mass is 9.92. The average molecular weight is 361 g/mol. The van der Waals surface area contributed by atoms with Gasteiger partial charge < -0.3 is 4.90 Å². The van der Waals surface area contributed by atoms with Crippen LogP contribution in [0.4, 0.5) is 0 Å². The molecule has 126 valence electrons. The van der Waals surface area contributed by atoms with Crippen LogP contribution >= 0.6 is 23.1 Å². The number of aryl methyl sites for hydroxylation is 1. The lowest BCUT2D eigenvalue weighted by molar-refractivity contribution is -0.129. The van der Waals surface area contributed by atoms with Gasteiger partial charge in [0.25, 0.3) is 0 Å². The number of rotatable bonds is 5. The van der Waals surface area contributed by atoms with Gasteiger partial charge in [-0.25, -0.2) is 4.98 Å². The number of hydrogen-bond donors (Lipinski definition) is 0. The van der Waals surface area contributed by atoms with Crippen molar-refractivity contribution < 1.29 is 9.59 Å². The lowest BCUT2D eigenvalue weighted by Crippen LogP contribution is -2.43. The van der Waals surface area contributed by atoms with Crippen LogP contribution in [0.25, 0.3) is 0 Å². The Bertz CT molecular complexity index is 718. The van der Waals surface area contributed by atoms with E-state index in [1.165, 1.54) is 11.8 Å². The lowest BCUT2D eigenvalue weighted by Gasteiger charge is -2.31. The van der Waals surface area contributed by atoms with Gasteiger partial charge in [-0.2, -0.15) is 0 Å². The van der Waals surface area contributed by atoms with Gasteiger partial charge in [0.1, 0.15) is 5.69 Å². The first-order chi connectivity index (χ1) is 11.6. The molecule has 0 bridgehead atoms. The quantitative estimate of drug-likeness (QED) is 0.605. The van der Waals surface area contributed by atoms with Crippen LogP contribution < -0.4 is 0 Å². The Labute approximate surface area is 149 Å². The van der Waals surface area contributed by atoms with Crippen molar-refractivity contribution in [3.8, 4) is 0 Å². The summed E-state index contributed by atoms with van der Waals surface area (Å²) in [7, 11) is 0. The Balaban J connectivity index is 1.56. The maximum Gasteiger partial charge on any atom is 0.233 e. The Morgan fingerprint density at radius 3 is 3.00 bits per heavy atom. The molecule has 1 fully saturated rings. The summed E-state index contributed by atoms with van der Waals surface area (Å²) in [5.74, 6) is 0.338. The van der Waals surface area contributed by atoms with Crippen molar-refractivity contribution in [3.05, 3.63) is 41.2 Å². The third-order valence-corrected chi connectivity index (χ3v) is 6.10. The van der Waals surface area contributed by atoms with Crippen molar-refractivity contribution in [3.63, 3.8) is 0 Å². The van der Waals surface area contributed by atoms with Gasteiger partial charge in [-0.15, -0.1) is 11.3 Å². The molecular formula is C17H19N3O2S2.